The molecule has 2 rings (SSSR count). The summed E-state index contributed by atoms with van der Waals surface area (Å²) in [4.78, 5) is 27.7. The summed E-state index contributed by atoms with van der Waals surface area (Å²) in [6.45, 7) is 12.1. The van der Waals surface area contributed by atoms with E-state index >= 15 is 0 Å². The van der Waals surface area contributed by atoms with Crippen molar-refractivity contribution in [3.05, 3.63) is 78.4 Å². The second kappa shape index (κ2) is 15.2. The number of amides is 1. The molecule has 7 heteroatoms. The molecule has 7 nitrogen and oxygen atoms in total. The fraction of sp³-hybridized carbons (Fsp3) is 0.484. The van der Waals surface area contributed by atoms with E-state index in [9.17, 15) is 9.59 Å². The molecule has 0 saturated carbocycles. The number of rotatable bonds is 14. The number of likely N-dealkylation sites (N-methyl/N-ethyl adjacent to an activating group) is 1. The molecule has 3 atom stereocenters. The van der Waals surface area contributed by atoms with Crippen molar-refractivity contribution in [2.45, 2.75) is 71.3 Å². The molecule has 1 amide bonds. The van der Waals surface area contributed by atoms with Crippen LogP contribution in [-0.4, -0.2) is 55.5 Å². The minimum absolute atomic E-state index is 0.144. The molecular weight excluding hydrogens is 482 g/mol. The van der Waals surface area contributed by atoms with Crippen LogP contribution in [0.15, 0.2) is 67.3 Å². The minimum atomic E-state index is -0.839. The van der Waals surface area contributed by atoms with E-state index in [0.29, 0.717) is 32.5 Å². The molecule has 208 valence electrons. The van der Waals surface area contributed by atoms with Gasteiger partial charge < -0.3 is 18.9 Å². The zero-order valence-corrected chi connectivity index (χ0v) is 23.6. The van der Waals surface area contributed by atoms with Crippen LogP contribution in [0.5, 0.6) is 5.75 Å². The maximum Gasteiger partial charge on any atom is 0.410 e. The predicted molar refractivity (Wildman–Crippen MR) is 149 cm³/mol. The van der Waals surface area contributed by atoms with Crippen molar-refractivity contribution in [1.82, 2.24) is 4.90 Å². The first-order valence-electron chi connectivity index (χ1n) is 13.1. The second-order valence-corrected chi connectivity index (χ2v) is 10.5. The molecule has 0 aliphatic heterocycles. The summed E-state index contributed by atoms with van der Waals surface area (Å²) >= 11 is 0. The van der Waals surface area contributed by atoms with Crippen molar-refractivity contribution < 1.29 is 28.5 Å². The van der Waals surface area contributed by atoms with Gasteiger partial charge in [0.2, 0.25) is 0 Å². The maximum atomic E-state index is 13.5. The largest absolute Gasteiger partial charge is 0.497 e. The summed E-state index contributed by atoms with van der Waals surface area (Å²) in [5.74, 6) is 0.463. The highest BCUT2D eigenvalue weighted by molar-refractivity contribution is 5.82. The number of hydrogen-bond donors (Lipinski definition) is 0. The number of esters is 1. The van der Waals surface area contributed by atoms with Crippen LogP contribution < -0.4 is 4.74 Å². The SMILES string of the molecule is C=CC(C)C[C@@H](CCOCc1ccc(OC)cc1)OC(=O)[C@H](Cc1ccccc1)N(C)C(=O)OC(C)(C)C. The van der Waals surface area contributed by atoms with Crippen LogP contribution in [0.3, 0.4) is 0 Å². The molecule has 2 aromatic carbocycles. The lowest BCUT2D eigenvalue weighted by Gasteiger charge is -2.31. The van der Waals surface area contributed by atoms with E-state index in [1.165, 1.54) is 4.90 Å². The second-order valence-electron chi connectivity index (χ2n) is 10.5. The fourth-order valence-corrected chi connectivity index (χ4v) is 3.78. The van der Waals surface area contributed by atoms with Gasteiger partial charge in [-0.25, -0.2) is 9.59 Å². The summed E-state index contributed by atoms with van der Waals surface area (Å²) in [7, 11) is 3.20. The predicted octanol–water partition coefficient (Wildman–Crippen LogP) is 6.20. The third kappa shape index (κ3) is 11.0. The molecule has 0 aliphatic carbocycles. The van der Waals surface area contributed by atoms with Crippen LogP contribution in [0.1, 0.15) is 51.7 Å². The molecule has 0 N–H and O–H groups in total. The van der Waals surface area contributed by atoms with E-state index in [-0.39, 0.29) is 5.92 Å². The van der Waals surface area contributed by atoms with Gasteiger partial charge in [-0.1, -0.05) is 55.5 Å². The van der Waals surface area contributed by atoms with Crippen molar-refractivity contribution in [1.29, 1.82) is 0 Å². The number of methoxy groups -OCH3 is 1. The average molecular weight is 526 g/mol. The van der Waals surface area contributed by atoms with Crippen LogP contribution >= 0.6 is 0 Å². The third-order valence-electron chi connectivity index (χ3n) is 6.02. The van der Waals surface area contributed by atoms with E-state index in [1.54, 1.807) is 34.9 Å². The van der Waals surface area contributed by atoms with Gasteiger partial charge in [-0.15, -0.1) is 6.58 Å². The van der Waals surface area contributed by atoms with Crippen LogP contribution in [-0.2, 0) is 32.0 Å². The van der Waals surface area contributed by atoms with Gasteiger partial charge in [0.15, 0.2) is 0 Å². The summed E-state index contributed by atoms with van der Waals surface area (Å²) < 4.78 is 22.6. The highest BCUT2D eigenvalue weighted by Gasteiger charge is 2.33. The van der Waals surface area contributed by atoms with Crippen molar-refractivity contribution in [2.75, 3.05) is 20.8 Å². The van der Waals surface area contributed by atoms with Gasteiger partial charge in [0.25, 0.3) is 0 Å². The molecule has 0 fully saturated rings. The maximum absolute atomic E-state index is 13.5. The molecule has 0 aromatic heterocycles. The Kier molecular flexibility index (Phi) is 12.3. The van der Waals surface area contributed by atoms with E-state index in [4.69, 9.17) is 18.9 Å². The fourth-order valence-electron chi connectivity index (χ4n) is 3.78. The van der Waals surface area contributed by atoms with E-state index in [0.717, 1.165) is 16.9 Å². The smallest absolute Gasteiger partial charge is 0.410 e. The summed E-state index contributed by atoms with van der Waals surface area (Å²) in [6, 6.07) is 16.4. The monoisotopic (exact) mass is 525 g/mol. The van der Waals surface area contributed by atoms with Gasteiger partial charge in [0.05, 0.1) is 20.3 Å². The summed E-state index contributed by atoms with van der Waals surface area (Å²) in [5, 5.41) is 0. The molecule has 0 radical (unpaired) electrons. The number of nitrogens with zero attached hydrogens (tertiary/aromatic N) is 1. The Hall–Kier alpha value is -3.32. The zero-order chi connectivity index (χ0) is 28.1. The van der Waals surface area contributed by atoms with Gasteiger partial charge in [-0.2, -0.15) is 0 Å². The van der Waals surface area contributed by atoms with Gasteiger partial charge in [-0.3, -0.25) is 4.90 Å². The molecule has 0 heterocycles. The standard InChI is InChI=1S/C31H43NO6/c1-8-23(2)20-27(18-19-36-22-25-14-16-26(35-7)17-15-25)37-29(33)28(21-24-12-10-9-11-13-24)32(6)30(34)38-31(3,4)5/h8-17,23,27-28H,1,18-22H2,2-7H3/t23?,27-,28+/m1/s1. The number of ether oxygens (including phenoxy) is 4. The van der Waals surface area contributed by atoms with Crippen LogP contribution in [0.4, 0.5) is 4.79 Å². The number of allylic oxidation sites excluding steroid dienone is 1. The van der Waals surface area contributed by atoms with Crippen LogP contribution in [0.2, 0.25) is 0 Å². The molecule has 2 aromatic rings. The number of benzene rings is 2. The molecule has 0 aliphatic rings. The summed E-state index contributed by atoms with van der Waals surface area (Å²) in [5.41, 5.74) is 1.26. The van der Waals surface area contributed by atoms with Crippen molar-refractivity contribution in [3.63, 3.8) is 0 Å². The molecule has 0 spiro atoms. The van der Waals surface area contributed by atoms with Crippen LogP contribution in [0, 0.1) is 5.92 Å². The molecule has 1 unspecified atom stereocenters. The Labute approximate surface area is 227 Å². The average Bonchev–Trinajstić information content (AvgIpc) is 2.89. The minimum Gasteiger partial charge on any atom is -0.497 e. The van der Waals surface area contributed by atoms with Crippen molar-refractivity contribution in [3.8, 4) is 5.75 Å². The Morgan fingerprint density at radius 3 is 2.26 bits per heavy atom. The number of hydrogen-bond acceptors (Lipinski definition) is 6. The number of carbonyl (C=O) groups excluding carboxylic acids is 2. The van der Waals surface area contributed by atoms with E-state index in [2.05, 4.69) is 6.58 Å². The number of carbonyl (C=O) groups is 2. The van der Waals surface area contributed by atoms with Crippen molar-refractivity contribution >= 4 is 12.1 Å². The lowest BCUT2D eigenvalue weighted by Crippen LogP contribution is -2.47. The van der Waals surface area contributed by atoms with Gasteiger partial charge >= 0.3 is 12.1 Å². The van der Waals surface area contributed by atoms with E-state index in [1.807, 2.05) is 67.6 Å². The zero-order valence-electron chi connectivity index (χ0n) is 23.6. The highest BCUT2D eigenvalue weighted by atomic mass is 16.6. The lowest BCUT2D eigenvalue weighted by molar-refractivity contribution is -0.156. The molecule has 0 bridgehead atoms. The Balaban J connectivity index is 2.09. The summed E-state index contributed by atoms with van der Waals surface area (Å²) in [6.07, 6.45) is 2.32. The van der Waals surface area contributed by atoms with E-state index < -0.39 is 29.8 Å². The first kappa shape index (κ1) is 30.9. The van der Waals surface area contributed by atoms with Gasteiger partial charge in [0, 0.05) is 19.9 Å². The lowest BCUT2D eigenvalue weighted by atomic mass is 10.0. The Morgan fingerprint density at radius 1 is 1.03 bits per heavy atom. The Morgan fingerprint density at radius 2 is 1.68 bits per heavy atom. The third-order valence-corrected chi connectivity index (χ3v) is 6.02. The van der Waals surface area contributed by atoms with Crippen LogP contribution in [0.25, 0.3) is 0 Å². The van der Waals surface area contributed by atoms with Gasteiger partial charge in [-0.05, 0) is 56.4 Å². The normalized spacial score (nSPS) is 13.6. The molecule has 0 saturated heterocycles. The molecular formula is C31H43NO6. The first-order valence-corrected chi connectivity index (χ1v) is 13.1. The quantitative estimate of drug-likeness (QED) is 0.166. The first-order chi connectivity index (χ1) is 18.0. The molecule has 38 heavy (non-hydrogen) atoms. The van der Waals surface area contributed by atoms with Gasteiger partial charge in [0.1, 0.15) is 23.5 Å². The highest BCUT2D eigenvalue weighted by Crippen LogP contribution is 2.19. The Bertz CT molecular complexity index is 999. The topological polar surface area (TPSA) is 74.3 Å². The van der Waals surface area contributed by atoms with Crippen molar-refractivity contribution in [2.24, 2.45) is 5.92 Å².